The Bertz CT molecular complexity index is 1120. The van der Waals surface area contributed by atoms with Crippen LogP contribution in [0.4, 0.5) is 0 Å². The van der Waals surface area contributed by atoms with E-state index in [4.69, 9.17) is 0 Å². The van der Waals surface area contributed by atoms with Crippen molar-refractivity contribution in [3.8, 4) is 0 Å². The quantitative estimate of drug-likeness (QED) is 0.238. The van der Waals surface area contributed by atoms with E-state index in [2.05, 4.69) is 60.2 Å². The highest BCUT2D eigenvalue weighted by molar-refractivity contribution is 8.04. The van der Waals surface area contributed by atoms with Crippen LogP contribution in [0.2, 0.25) is 0 Å². The second-order valence-corrected chi connectivity index (χ2v) is 12.3. The van der Waals surface area contributed by atoms with Crippen molar-refractivity contribution in [2.24, 2.45) is 0 Å². The van der Waals surface area contributed by atoms with E-state index in [1.807, 2.05) is 30.3 Å². The predicted octanol–water partition coefficient (Wildman–Crippen LogP) is 6.66. The Hall–Kier alpha value is -2.57. The van der Waals surface area contributed by atoms with Gasteiger partial charge in [-0.1, -0.05) is 68.7 Å². The molecule has 1 saturated heterocycles. The standard InChI is InChI=1S/C33H45N3O2S/c1-4-19-35(20-5-2)21-9-18-34-32(37)28-16-14-26(15-17-28)23-31-33(38)36(24-27-11-8-10-25(3)22-27)29-12-6-7-13-30(29)39-31/h8,10-11,14-17,22-23,29-30H,4-7,9,12-13,18-21,24H2,1-3H3,(H,34,37)/b31-23+. The molecule has 1 N–H and O–H groups in total. The largest absolute Gasteiger partial charge is 0.352 e. The van der Waals surface area contributed by atoms with Crippen LogP contribution in [0.15, 0.2) is 53.4 Å². The number of nitrogens with zero attached hydrogens (tertiary/aromatic N) is 2. The van der Waals surface area contributed by atoms with Crippen LogP contribution in [0.3, 0.4) is 0 Å². The second-order valence-electron chi connectivity index (χ2n) is 11.0. The number of hydrogen-bond acceptors (Lipinski definition) is 4. The molecule has 39 heavy (non-hydrogen) atoms. The molecule has 6 heteroatoms. The second kappa shape index (κ2) is 14.7. The van der Waals surface area contributed by atoms with Crippen LogP contribution >= 0.6 is 11.8 Å². The minimum atomic E-state index is -0.0377. The number of fused-ring (bicyclic) bond motifs is 1. The number of benzene rings is 2. The van der Waals surface area contributed by atoms with Gasteiger partial charge in [0.05, 0.1) is 4.91 Å². The zero-order valence-electron chi connectivity index (χ0n) is 24.0. The molecule has 0 radical (unpaired) electrons. The minimum absolute atomic E-state index is 0.0377. The maximum Gasteiger partial charge on any atom is 0.260 e. The Morgan fingerprint density at radius 2 is 1.79 bits per heavy atom. The van der Waals surface area contributed by atoms with Crippen molar-refractivity contribution in [3.63, 3.8) is 0 Å². The first-order valence-electron chi connectivity index (χ1n) is 14.8. The summed E-state index contributed by atoms with van der Waals surface area (Å²) in [6, 6.07) is 16.4. The van der Waals surface area contributed by atoms with Crippen LogP contribution in [-0.4, -0.2) is 59.1 Å². The van der Waals surface area contributed by atoms with E-state index < -0.39 is 0 Å². The number of hydrogen-bond donors (Lipinski definition) is 1. The average Bonchev–Trinajstić information content (AvgIpc) is 2.94. The average molecular weight is 548 g/mol. The van der Waals surface area contributed by atoms with Crippen LogP contribution < -0.4 is 5.32 Å². The summed E-state index contributed by atoms with van der Waals surface area (Å²) in [4.78, 5) is 31.8. The number of aryl methyl sites for hydroxylation is 1. The SMILES string of the molecule is CCCN(CCC)CCCNC(=O)c1ccc(/C=C2/SC3CCCCC3N(Cc3cccc(C)c3)C2=O)cc1. The monoisotopic (exact) mass is 547 g/mol. The Labute approximate surface area is 239 Å². The van der Waals surface area contributed by atoms with E-state index in [0.717, 1.165) is 62.2 Å². The summed E-state index contributed by atoms with van der Waals surface area (Å²) >= 11 is 1.76. The van der Waals surface area contributed by atoms with Crippen LogP contribution in [0, 0.1) is 6.92 Å². The van der Waals surface area contributed by atoms with Gasteiger partial charge in [0.15, 0.2) is 0 Å². The molecule has 0 bridgehead atoms. The lowest BCUT2D eigenvalue weighted by Gasteiger charge is -2.44. The Morgan fingerprint density at radius 1 is 1.05 bits per heavy atom. The Balaban J connectivity index is 1.38. The van der Waals surface area contributed by atoms with Crippen molar-refractivity contribution in [1.29, 1.82) is 0 Å². The lowest BCUT2D eigenvalue weighted by molar-refractivity contribution is -0.130. The molecule has 1 aliphatic heterocycles. The van der Waals surface area contributed by atoms with E-state index in [1.54, 1.807) is 11.8 Å². The first kappa shape index (κ1) is 29.4. The molecule has 2 fully saturated rings. The zero-order chi connectivity index (χ0) is 27.6. The fraction of sp³-hybridized carbons (Fsp3) is 0.515. The van der Waals surface area contributed by atoms with Crippen LogP contribution in [-0.2, 0) is 11.3 Å². The van der Waals surface area contributed by atoms with Gasteiger partial charge >= 0.3 is 0 Å². The van der Waals surface area contributed by atoms with Gasteiger partial charge in [-0.15, -0.1) is 11.8 Å². The molecular weight excluding hydrogens is 502 g/mol. The number of amides is 2. The third kappa shape index (κ3) is 8.21. The van der Waals surface area contributed by atoms with Crippen molar-refractivity contribution in [3.05, 3.63) is 75.7 Å². The van der Waals surface area contributed by atoms with Gasteiger partial charge < -0.3 is 15.1 Å². The van der Waals surface area contributed by atoms with Crippen molar-refractivity contribution < 1.29 is 9.59 Å². The van der Waals surface area contributed by atoms with E-state index in [-0.39, 0.29) is 11.8 Å². The van der Waals surface area contributed by atoms with E-state index in [9.17, 15) is 9.59 Å². The van der Waals surface area contributed by atoms with E-state index in [0.29, 0.717) is 29.9 Å². The number of rotatable bonds is 12. The highest BCUT2D eigenvalue weighted by Gasteiger charge is 2.40. The van der Waals surface area contributed by atoms with Gasteiger partial charge in [0, 0.05) is 29.9 Å². The summed E-state index contributed by atoms with van der Waals surface area (Å²) in [6.07, 6.45) is 9.94. The molecule has 2 aliphatic rings. The fourth-order valence-corrected chi connectivity index (χ4v) is 7.30. The van der Waals surface area contributed by atoms with E-state index >= 15 is 0 Å². The molecule has 4 rings (SSSR count). The van der Waals surface area contributed by atoms with Crippen molar-refractivity contribution >= 4 is 29.7 Å². The highest BCUT2D eigenvalue weighted by Crippen LogP contribution is 2.42. The Kier molecular flexibility index (Phi) is 11.1. The lowest BCUT2D eigenvalue weighted by atomic mass is 9.92. The maximum atomic E-state index is 13.7. The summed E-state index contributed by atoms with van der Waals surface area (Å²) in [5.74, 6) is 0.0934. The van der Waals surface area contributed by atoms with Gasteiger partial charge in [-0.25, -0.2) is 0 Å². The third-order valence-corrected chi connectivity index (χ3v) is 9.14. The number of carbonyl (C=O) groups is 2. The van der Waals surface area contributed by atoms with Gasteiger partial charge in [0.2, 0.25) is 0 Å². The van der Waals surface area contributed by atoms with E-state index in [1.165, 1.54) is 24.0 Å². The molecule has 2 aromatic carbocycles. The molecule has 1 aliphatic carbocycles. The number of carbonyl (C=O) groups excluding carboxylic acids is 2. The van der Waals surface area contributed by atoms with Gasteiger partial charge in [0.1, 0.15) is 0 Å². The molecule has 2 aromatic rings. The van der Waals surface area contributed by atoms with Gasteiger partial charge in [-0.3, -0.25) is 9.59 Å². The van der Waals surface area contributed by atoms with Gasteiger partial charge in [-0.05, 0) is 88.0 Å². The summed E-state index contributed by atoms with van der Waals surface area (Å²) in [5, 5.41) is 3.51. The minimum Gasteiger partial charge on any atom is -0.352 e. The molecule has 2 unspecified atom stereocenters. The molecule has 2 amide bonds. The molecule has 2 atom stereocenters. The molecule has 0 aromatic heterocycles. The topological polar surface area (TPSA) is 52.7 Å². The predicted molar refractivity (Wildman–Crippen MR) is 164 cm³/mol. The Morgan fingerprint density at radius 3 is 2.51 bits per heavy atom. The summed E-state index contributed by atoms with van der Waals surface area (Å²) in [5.41, 5.74) is 4.04. The summed E-state index contributed by atoms with van der Waals surface area (Å²) < 4.78 is 0. The molecule has 0 spiro atoms. The molecule has 5 nitrogen and oxygen atoms in total. The van der Waals surface area contributed by atoms with Crippen LogP contribution in [0.25, 0.3) is 6.08 Å². The van der Waals surface area contributed by atoms with Crippen molar-refractivity contribution in [2.75, 3.05) is 26.2 Å². The molecule has 1 heterocycles. The van der Waals surface area contributed by atoms with Crippen molar-refractivity contribution in [1.82, 2.24) is 15.1 Å². The van der Waals surface area contributed by atoms with Gasteiger partial charge in [0.25, 0.3) is 11.8 Å². The normalized spacial score (nSPS) is 20.4. The highest BCUT2D eigenvalue weighted by atomic mass is 32.2. The fourth-order valence-electron chi connectivity index (χ4n) is 5.83. The van der Waals surface area contributed by atoms with Crippen LogP contribution in [0.1, 0.15) is 85.8 Å². The van der Waals surface area contributed by atoms with Crippen LogP contribution in [0.5, 0.6) is 0 Å². The molecular formula is C33H45N3O2S. The maximum absolute atomic E-state index is 13.7. The molecule has 1 saturated carbocycles. The third-order valence-electron chi connectivity index (χ3n) is 7.74. The lowest BCUT2D eigenvalue weighted by Crippen LogP contribution is -2.50. The van der Waals surface area contributed by atoms with Crippen molar-refractivity contribution in [2.45, 2.75) is 83.6 Å². The summed E-state index contributed by atoms with van der Waals surface area (Å²) in [6.45, 7) is 11.1. The first-order chi connectivity index (χ1) is 19.0. The smallest absolute Gasteiger partial charge is 0.260 e. The number of thioether (sulfide) groups is 1. The zero-order valence-corrected chi connectivity index (χ0v) is 24.8. The first-order valence-corrected chi connectivity index (χ1v) is 15.7. The van der Waals surface area contributed by atoms with Gasteiger partial charge in [-0.2, -0.15) is 0 Å². The molecule has 210 valence electrons. The summed E-state index contributed by atoms with van der Waals surface area (Å²) in [7, 11) is 0. The number of nitrogens with one attached hydrogen (secondary N) is 1.